The van der Waals surface area contributed by atoms with Gasteiger partial charge in [0.2, 0.25) is 5.91 Å². The molecule has 0 aromatic carbocycles. The zero-order chi connectivity index (χ0) is 14.3. The first-order chi connectivity index (χ1) is 9.04. The van der Waals surface area contributed by atoms with Crippen LogP contribution in [0.1, 0.15) is 29.9 Å². The van der Waals surface area contributed by atoms with E-state index in [-0.39, 0.29) is 23.9 Å². The molecular formula is C13H19N3O3. The van der Waals surface area contributed by atoms with Crippen molar-refractivity contribution in [3.8, 4) is 0 Å². The first-order valence-electron chi connectivity index (χ1n) is 6.21. The van der Waals surface area contributed by atoms with Gasteiger partial charge in [-0.15, -0.1) is 0 Å². The van der Waals surface area contributed by atoms with E-state index in [9.17, 15) is 9.59 Å². The van der Waals surface area contributed by atoms with Gasteiger partial charge in [-0.05, 0) is 18.7 Å². The molecule has 0 saturated heterocycles. The third kappa shape index (κ3) is 5.05. The second kappa shape index (κ2) is 7.48. The van der Waals surface area contributed by atoms with Crippen LogP contribution in [0.2, 0.25) is 0 Å². The Labute approximate surface area is 112 Å². The van der Waals surface area contributed by atoms with Crippen molar-refractivity contribution in [2.75, 3.05) is 13.1 Å². The molecule has 19 heavy (non-hydrogen) atoms. The lowest BCUT2D eigenvalue weighted by Gasteiger charge is -2.12. The van der Waals surface area contributed by atoms with Crippen LogP contribution < -0.4 is 10.6 Å². The standard InChI is InChI=1S/C13H19N3O3/c1-3-14-7-9(2)12(17)16-8-11-6-10(13(18)19)4-5-15-11/h4-6,9,14H,3,7-8H2,1-2H3,(H,16,17)(H,18,19). The molecule has 1 aromatic heterocycles. The van der Waals surface area contributed by atoms with Gasteiger partial charge in [0.15, 0.2) is 0 Å². The quantitative estimate of drug-likeness (QED) is 0.673. The molecule has 104 valence electrons. The fraction of sp³-hybridized carbons (Fsp3) is 0.462. The third-order valence-electron chi connectivity index (χ3n) is 2.66. The average Bonchev–Trinajstić information content (AvgIpc) is 2.42. The Morgan fingerprint density at radius 1 is 1.47 bits per heavy atom. The molecule has 0 spiro atoms. The molecule has 6 nitrogen and oxygen atoms in total. The van der Waals surface area contributed by atoms with Crippen LogP contribution in [0.5, 0.6) is 0 Å². The maximum Gasteiger partial charge on any atom is 0.335 e. The Bertz CT molecular complexity index is 449. The molecule has 3 N–H and O–H groups in total. The van der Waals surface area contributed by atoms with Gasteiger partial charge in [-0.1, -0.05) is 13.8 Å². The van der Waals surface area contributed by atoms with Crippen LogP contribution in [0.4, 0.5) is 0 Å². The number of rotatable bonds is 7. The summed E-state index contributed by atoms with van der Waals surface area (Å²) in [5, 5.41) is 14.7. The van der Waals surface area contributed by atoms with Crippen LogP contribution in [0, 0.1) is 5.92 Å². The number of nitrogens with zero attached hydrogens (tertiary/aromatic N) is 1. The van der Waals surface area contributed by atoms with E-state index >= 15 is 0 Å². The molecule has 0 saturated carbocycles. The molecule has 1 heterocycles. The van der Waals surface area contributed by atoms with Crippen LogP contribution in [0.15, 0.2) is 18.3 Å². The van der Waals surface area contributed by atoms with E-state index in [0.717, 1.165) is 6.54 Å². The number of amides is 1. The van der Waals surface area contributed by atoms with Crippen molar-refractivity contribution in [3.05, 3.63) is 29.6 Å². The van der Waals surface area contributed by atoms with Crippen molar-refractivity contribution >= 4 is 11.9 Å². The summed E-state index contributed by atoms with van der Waals surface area (Å²) in [6, 6.07) is 2.87. The number of carboxylic acids is 1. The molecule has 1 aromatic rings. The smallest absolute Gasteiger partial charge is 0.335 e. The Hall–Kier alpha value is -1.95. The number of hydrogen-bond acceptors (Lipinski definition) is 4. The van der Waals surface area contributed by atoms with Crippen LogP contribution in [-0.2, 0) is 11.3 Å². The number of carbonyl (C=O) groups is 2. The second-order valence-electron chi connectivity index (χ2n) is 4.27. The van der Waals surface area contributed by atoms with Gasteiger partial charge in [-0.2, -0.15) is 0 Å². The van der Waals surface area contributed by atoms with E-state index in [0.29, 0.717) is 12.2 Å². The Kier molecular flexibility index (Phi) is 5.95. The third-order valence-corrected chi connectivity index (χ3v) is 2.66. The van der Waals surface area contributed by atoms with E-state index in [4.69, 9.17) is 5.11 Å². The number of pyridine rings is 1. The van der Waals surface area contributed by atoms with E-state index in [2.05, 4.69) is 15.6 Å². The summed E-state index contributed by atoms with van der Waals surface area (Å²) in [4.78, 5) is 26.6. The summed E-state index contributed by atoms with van der Waals surface area (Å²) in [5.41, 5.74) is 0.698. The zero-order valence-corrected chi connectivity index (χ0v) is 11.1. The van der Waals surface area contributed by atoms with Gasteiger partial charge in [0.25, 0.3) is 0 Å². The maximum absolute atomic E-state index is 11.7. The lowest BCUT2D eigenvalue weighted by Crippen LogP contribution is -2.35. The highest BCUT2D eigenvalue weighted by molar-refractivity contribution is 5.87. The zero-order valence-electron chi connectivity index (χ0n) is 11.1. The van der Waals surface area contributed by atoms with Crippen LogP contribution >= 0.6 is 0 Å². The highest BCUT2D eigenvalue weighted by atomic mass is 16.4. The molecule has 0 aliphatic heterocycles. The minimum atomic E-state index is -1.00. The summed E-state index contributed by atoms with van der Waals surface area (Å²) < 4.78 is 0. The molecule has 0 fully saturated rings. The average molecular weight is 265 g/mol. The van der Waals surface area contributed by atoms with Gasteiger partial charge in [0.1, 0.15) is 0 Å². The van der Waals surface area contributed by atoms with E-state index in [1.54, 1.807) is 0 Å². The summed E-state index contributed by atoms with van der Waals surface area (Å²) in [5.74, 6) is -1.22. The Morgan fingerprint density at radius 2 is 2.21 bits per heavy atom. The second-order valence-corrected chi connectivity index (χ2v) is 4.27. The summed E-state index contributed by atoms with van der Waals surface area (Å²) in [6.07, 6.45) is 1.42. The fourth-order valence-corrected chi connectivity index (χ4v) is 1.51. The van der Waals surface area contributed by atoms with Crippen molar-refractivity contribution < 1.29 is 14.7 Å². The van der Waals surface area contributed by atoms with Crippen molar-refractivity contribution in [2.45, 2.75) is 20.4 Å². The number of carboxylic acid groups (broad SMARTS) is 1. The van der Waals surface area contributed by atoms with Gasteiger partial charge in [-0.3, -0.25) is 9.78 Å². The van der Waals surface area contributed by atoms with Gasteiger partial charge < -0.3 is 15.7 Å². The number of aromatic nitrogens is 1. The Morgan fingerprint density at radius 3 is 2.84 bits per heavy atom. The lowest BCUT2D eigenvalue weighted by molar-refractivity contribution is -0.124. The van der Waals surface area contributed by atoms with Crippen LogP contribution in [0.25, 0.3) is 0 Å². The van der Waals surface area contributed by atoms with Gasteiger partial charge in [-0.25, -0.2) is 4.79 Å². The summed E-state index contributed by atoms with van der Waals surface area (Å²) in [6.45, 7) is 5.48. The van der Waals surface area contributed by atoms with Crippen molar-refractivity contribution in [1.82, 2.24) is 15.6 Å². The highest BCUT2D eigenvalue weighted by Crippen LogP contribution is 2.02. The first-order valence-corrected chi connectivity index (χ1v) is 6.21. The summed E-state index contributed by atoms with van der Waals surface area (Å²) >= 11 is 0. The predicted octanol–water partition coefficient (Wildman–Crippen LogP) is 0.642. The van der Waals surface area contributed by atoms with Crippen LogP contribution in [-0.4, -0.2) is 35.1 Å². The number of nitrogens with one attached hydrogen (secondary N) is 2. The fourth-order valence-electron chi connectivity index (χ4n) is 1.51. The van der Waals surface area contributed by atoms with Crippen LogP contribution in [0.3, 0.4) is 0 Å². The largest absolute Gasteiger partial charge is 0.478 e. The van der Waals surface area contributed by atoms with Gasteiger partial charge in [0, 0.05) is 18.7 Å². The van der Waals surface area contributed by atoms with E-state index < -0.39 is 5.97 Å². The molecule has 1 rings (SSSR count). The minimum Gasteiger partial charge on any atom is -0.478 e. The molecule has 6 heteroatoms. The molecule has 0 aliphatic rings. The monoisotopic (exact) mass is 265 g/mol. The first kappa shape index (κ1) is 15.1. The molecule has 0 radical (unpaired) electrons. The van der Waals surface area contributed by atoms with E-state index in [1.807, 2.05) is 13.8 Å². The SMILES string of the molecule is CCNCC(C)C(=O)NCc1cc(C(=O)O)ccn1. The molecule has 1 amide bonds. The molecule has 1 unspecified atom stereocenters. The maximum atomic E-state index is 11.7. The summed E-state index contributed by atoms with van der Waals surface area (Å²) in [7, 11) is 0. The normalized spacial score (nSPS) is 11.9. The van der Waals surface area contributed by atoms with Crippen molar-refractivity contribution in [2.24, 2.45) is 5.92 Å². The Balaban J connectivity index is 2.50. The van der Waals surface area contributed by atoms with Gasteiger partial charge >= 0.3 is 5.97 Å². The van der Waals surface area contributed by atoms with Crippen molar-refractivity contribution in [1.29, 1.82) is 0 Å². The lowest BCUT2D eigenvalue weighted by atomic mass is 10.1. The molecular weight excluding hydrogens is 246 g/mol. The van der Waals surface area contributed by atoms with Crippen molar-refractivity contribution in [3.63, 3.8) is 0 Å². The number of carbonyl (C=O) groups excluding carboxylic acids is 1. The van der Waals surface area contributed by atoms with E-state index in [1.165, 1.54) is 18.3 Å². The van der Waals surface area contributed by atoms with Gasteiger partial charge in [0.05, 0.1) is 17.8 Å². The highest BCUT2D eigenvalue weighted by Gasteiger charge is 2.12. The molecule has 1 atom stereocenters. The minimum absolute atomic E-state index is 0.0801. The number of aromatic carboxylic acids is 1. The molecule has 0 aliphatic carbocycles. The number of hydrogen-bond donors (Lipinski definition) is 3. The molecule has 0 bridgehead atoms. The topological polar surface area (TPSA) is 91.3 Å². The predicted molar refractivity (Wildman–Crippen MR) is 70.8 cm³/mol.